The van der Waals surface area contributed by atoms with Gasteiger partial charge in [-0.3, -0.25) is 4.79 Å². The summed E-state index contributed by atoms with van der Waals surface area (Å²) in [6.07, 6.45) is 3.84. The first kappa shape index (κ1) is 14.6. The van der Waals surface area contributed by atoms with Gasteiger partial charge in [-0.2, -0.15) is 11.3 Å². The third kappa shape index (κ3) is 2.82. The minimum atomic E-state index is 0.110. The highest BCUT2D eigenvalue weighted by Gasteiger charge is 2.31. The van der Waals surface area contributed by atoms with Gasteiger partial charge in [-0.15, -0.1) is 11.3 Å². The molecular weight excluding hydrogens is 324 g/mol. The molecule has 1 amide bonds. The smallest absolute Gasteiger partial charge is 0.266 e. The van der Waals surface area contributed by atoms with Gasteiger partial charge in [0, 0.05) is 12.1 Å². The van der Waals surface area contributed by atoms with Crippen LogP contribution in [0.4, 0.5) is 0 Å². The fourth-order valence-electron chi connectivity index (χ4n) is 3.05. The molecule has 1 atom stereocenters. The van der Waals surface area contributed by atoms with Crippen LogP contribution in [0.15, 0.2) is 53.4 Å². The van der Waals surface area contributed by atoms with Crippen molar-refractivity contribution in [2.45, 2.75) is 18.9 Å². The average molecular weight is 340 g/mol. The molecule has 0 bridgehead atoms. The lowest BCUT2D eigenvalue weighted by Gasteiger charge is -2.23. The number of likely N-dealkylation sites (tertiary alicyclic amines) is 1. The minimum absolute atomic E-state index is 0.110. The van der Waals surface area contributed by atoms with Gasteiger partial charge in [0.15, 0.2) is 0 Å². The second-order valence-electron chi connectivity index (χ2n) is 5.61. The summed E-state index contributed by atoms with van der Waals surface area (Å²) in [6, 6.07) is 12.4. The van der Waals surface area contributed by atoms with Gasteiger partial charge in [0.25, 0.3) is 5.91 Å². The van der Waals surface area contributed by atoms with Crippen molar-refractivity contribution in [1.82, 2.24) is 9.88 Å². The number of benzene rings is 1. The van der Waals surface area contributed by atoms with Gasteiger partial charge < -0.3 is 4.90 Å². The first-order chi connectivity index (χ1) is 11.3. The van der Waals surface area contributed by atoms with E-state index in [9.17, 15) is 4.79 Å². The zero-order valence-corrected chi connectivity index (χ0v) is 14.1. The molecule has 0 saturated carbocycles. The molecule has 5 heteroatoms. The molecule has 1 aliphatic heterocycles. The van der Waals surface area contributed by atoms with Gasteiger partial charge in [-0.05, 0) is 35.2 Å². The fraction of sp³-hybridized carbons (Fsp3) is 0.222. The van der Waals surface area contributed by atoms with Crippen molar-refractivity contribution in [2.75, 3.05) is 6.54 Å². The minimum Gasteiger partial charge on any atom is -0.331 e. The monoisotopic (exact) mass is 340 g/mol. The molecule has 0 spiro atoms. The van der Waals surface area contributed by atoms with Crippen LogP contribution in [0.1, 0.15) is 34.1 Å². The number of hydrogen-bond donors (Lipinski definition) is 0. The number of amides is 1. The molecule has 0 radical (unpaired) electrons. The molecule has 23 heavy (non-hydrogen) atoms. The number of carbonyl (C=O) groups is 1. The predicted molar refractivity (Wildman–Crippen MR) is 94.9 cm³/mol. The third-order valence-corrected chi connectivity index (χ3v) is 5.91. The van der Waals surface area contributed by atoms with E-state index >= 15 is 0 Å². The first-order valence-electron chi connectivity index (χ1n) is 7.67. The van der Waals surface area contributed by atoms with Crippen molar-refractivity contribution in [2.24, 2.45) is 0 Å². The van der Waals surface area contributed by atoms with E-state index in [2.05, 4.69) is 21.8 Å². The summed E-state index contributed by atoms with van der Waals surface area (Å²) in [6.45, 7) is 0.831. The normalized spacial score (nSPS) is 17.6. The number of thiazole rings is 1. The Balaban J connectivity index is 1.59. The highest BCUT2D eigenvalue weighted by molar-refractivity contribution is 7.16. The Bertz CT molecular complexity index is 796. The Morgan fingerprint density at radius 1 is 1.22 bits per heavy atom. The van der Waals surface area contributed by atoms with Crippen LogP contribution in [-0.2, 0) is 0 Å². The van der Waals surface area contributed by atoms with Crippen molar-refractivity contribution < 1.29 is 4.79 Å². The van der Waals surface area contributed by atoms with E-state index in [0.717, 1.165) is 34.8 Å². The number of carbonyl (C=O) groups excluding carboxylic acids is 1. The summed E-state index contributed by atoms with van der Waals surface area (Å²) in [4.78, 5) is 20.1. The molecule has 4 rings (SSSR count). The van der Waals surface area contributed by atoms with Crippen LogP contribution in [0.5, 0.6) is 0 Å². The van der Waals surface area contributed by atoms with Crippen LogP contribution >= 0.6 is 22.7 Å². The quantitative estimate of drug-likeness (QED) is 0.683. The molecule has 116 valence electrons. The van der Waals surface area contributed by atoms with Crippen LogP contribution in [0.2, 0.25) is 0 Å². The van der Waals surface area contributed by atoms with Crippen molar-refractivity contribution >= 4 is 28.6 Å². The fourth-order valence-corrected chi connectivity index (χ4v) is 4.63. The Labute approximate surface area is 143 Å². The van der Waals surface area contributed by atoms with Crippen LogP contribution in [-0.4, -0.2) is 22.3 Å². The number of thiophene rings is 1. The van der Waals surface area contributed by atoms with Gasteiger partial charge >= 0.3 is 0 Å². The second kappa shape index (κ2) is 6.26. The molecule has 3 aromatic rings. The molecule has 3 heterocycles. The third-order valence-electron chi connectivity index (χ3n) is 4.18. The van der Waals surface area contributed by atoms with E-state index < -0.39 is 0 Å². The zero-order valence-electron chi connectivity index (χ0n) is 12.5. The average Bonchev–Trinajstić information content (AvgIpc) is 3.34. The number of rotatable bonds is 3. The van der Waals surface area contributed by atoms with Gasteiger partial charge in [0.2, 0.25) is 0 Å². The molecule has 1 fully saturated rings. The molecule has 0 N–H and O–H groups in total. The van der Waals surface area contributed by atoms with E-state index in [1.807, 2.05) is 35.2 Å². The van der Waals surface area contributed by atoms with Crippen molar-refractivity contribution in [3.05, 3.63) is 63.8 Å². The standard InChI is InChI=1S/C18H16N2OS2/c21-18(20-9-4-7-15(20)14-8-10-22-12-14)16-11-19-17(23-16)13-5-2-1-3-6-13/h1-3,5-6,8,10-12,15H,4,7,9H2/t15-/m0/s1. The lowest BCUT2D eigenvalue weighted by molar-refractivity contribution is 0.0740. The molecule has 2 aromatic heterocycles. The van der Waals surface area contributed by atoms with Gasteiger partial charge in [-0.1, -0.05) is 30.3 Å². The molecule has 1 aliphatic rings. The topological polar surface area (TPSA) is 33.2 Å². The Morgan fingerprint density at radius 3 is 2.87 bits per heavy atom. The van der Waals surface area contributed by atoms with Crippen LogP contribution in [0, 0.1) is 0 Å². The maximum absolute atomic E-state index is 12.9. The van der Waals surface area contributed by atoms with E-state index in [-0.39, 0.29) is 11.9 Å². The molecule has 0 aliphatic carbocycles. The number of nitrogens with zero attached hydrogens (tertiary/aromatic N) is 2. The molecule has 3 nitrogen and oxygen atoms in total. The summed E-state index contributed by atoms with van der Waals surface area (Å²) >= 11 is 3.17. The van der Waals surface area contributed by atoms with Crippen LogP contribution < -0.4 is 0 Å². The second-order valence-corrected chi connectivity index (χ2v) is 7.42. The Kier molecular flexibility index (Phi) is 3.97. The lowest BCUT2D eigenvalue weighted by Crippen LogP contribution is -2.29. The highest BCUT2D eigenvalue weighted by atomic mass is 32.1. The van der Waals surface area contributed by atoms with E-state index in [0.29, 0.717) is 0 Å². The van der Waals surface area contributed by atoms with Gasteiger partial charge in [-0.25, -0.2) is 4.98 Å². The zero-order chi connectivity index (χ0) is 15.6. The summed E-state index contributed by atoms with van der Waals surface area (Å²) in [5.74, 6) is 0.110. The van der Waals surface area contributed by atoms with Crippen molar-refractivity contribution in [3.63, 3.8) is 0 Å². The molecular formula is C18H16N2OS2. The van der Waals surface area contributed by atoms with Gasteiger partial charge in [0.05, 0.1) is 12.2 Å². The SMILES string of the molecule is O=C(c1cnc(-c2ccccc2)s1)N1CCC[C@H]1c1ccsc1. The van der Waals surface area contributed by atoms with E-state index in [4.69, 9.17) is 0 Å². The number of hydrogen-bond acceptors (Lipinski definition) is 4. The van der Waals surface area contributed by atoms with E-state index in [1.165, 1.54) is 16.9 Å². The summed E-state index contributed by atoms with van der Waals surface area (Å²) < 4.78 is 0. The maximum atomic E-state index is 12.9. The van der Waals surface area contributed by atoms with Gasteiger partial charge in [0.1, 0.15) is 9.88 Å². The van der Waals surface area contributed by atoms with Crippen LogP contribution in [0.25, 0.3) is 10.6 Å². The van der Waals surface area contributed by atoms with Crippen molar-refractivity contribution in [1.29, 1.82) is 0 Å². The Morgan fingerprint density at radius 2 is 2.09 bits per heavy atom. The van der Waals surface area contributed by atoms with E-state index in [1.54, 1.807) is 17.5 Å². The summed E-state index contributed by atoms with van der Waals surface area (Å²) in [7, 11) is 0. The van der Waals surface area contributed by atoms with Crippen molar-refractivity contribution in [3.8, 4) is 10.6 Å². The predicted octanol–water partition coefficient (Wildman–Crippen LogP) is 4.85. The Hall–Kier alpha value is -1.98. The first-order valence-corrected chi connectivity index (χ1v) is 9.43. The number of aromatic nitrogens is 1. The molecule has 0 unspecified atom stereocenters. The molecule has 1 aromatic carbocycles. The largest absolute Gasteiger partial charge is 0.331 e. The maximum Gasteiger partial charge on any atom is 0.266 e. The summed E-state index contributed by atoms with van der Waals surface area (Å²) in [5.41, 5.74) is 2.32. The lowest BCUT2D eigenvalue weighted by atomic mass is 10.1. The summed E-state index contributed by atoms with van der Waals surface area (Å²) in [5, 5.41) is 5.13. The highest BCUT2D eigenvalue weighted by Crippen LogP contribution is 2.35. The van der Waals surface area contributed by atoms with Crippen LogP contribution in [0.3, 0.4) is 0 Å². The molecule has 1 saturated heterocycles.